The van der Waals surface area contributed by atoms with Crippen LogP contribution in [0.2, 0.25) is 0 Å². The van der Waals surface area contributed by atoms with E-state index in [0.29, 0.717) is 0 Å². The van der Waals surface area contributed by atoms with Crippen LogP contribution in [0.15, 0.2) is 6.33 Å². The highest BCUT2D eigenvalue weighted by Gasteiger charge is 2.10. The van der Waals surface area contributed by atoms with Crippen LogP contribution in [-0.2, 0) is 17.8 Å². The number of hydrogen-bond acceptors (Lipinski definition) is 4. The molecule has 0 amide bonds. The Morgan fingerprint density at radius 3 is 2.94 bits per heavy atom. The molecule has 1 aromatic rings. The molecule has 17 heavy (non-hydrogen) atoms. The number of ether oxygens (including phenoxy) is 1. The maximum Gasteiger partial charge on any atom is 0.141 e. The Morgan fingerprint density at radius 2 is 2.29 bits per heavy atom. The molecule has 0 N–H and O–H groups in total. The van der Waals surface area contributed by atoms with Crippen molar-refractivity contribution in [2.24, 2.45) is 0 Å². The highest BCUT2D eigenvalue weighted by atomic mass is 79.9. The maximum atomic E-state index is 5.12. The smallest absolute Gasteiger partial charge is 0.141 e. The van der Waals surface area contributed by atoms with E-state index >= 15 is 0 Å². The Morgan fingerprint density at radius 1 is 1.47 bits per heavy atom. The van der Waals surface area contributed by atoms with Gasteiger partial charge in [0.2, 0.25) is 0 Å². The van der Waals surface area contributed by atoms with Crippen LogP contribution in [0, 0.1) is 0 Å². The fourth-order valence-electron chi connectivity index (χ4n) is 1.62. The number of rotatable bonds is 9. The second-order valence-corrected chi connectivity index (χ2v) is 4.65. The molecule has 1 rings (SSSR count). The number of methoxy groups -OCH3 is 1. The first-order valence-corrected chi connectivity index (χ1v) is 7.07. The second kappa shape index (κ2) is 8.60. The normalized spacial score (nSPS) is 11.3. The zero-order valence-electron chi connectivity index (χ0n) is 10.6. The molecular weight excluding hydrogens is 284 g/mol. The van der Waals surface area contributed by atoms with Crippen LogP contribution in [0.25, 0.3) is 0 Å². The predicted molar refractivity (Wildman–Crippen MR) is 71.3 cm³/mol. The van der Waals surface area contributed by atoms with Crippen LogP contribution in [0.3, 0.4) is 0 Å². The molecule has 6 heteroatoms. The summed E-state index contributed by atoms with van der Waals surface area (Å²) in [5.41, 5.74) is 0. The van der Waals surface area contributed by atoms with Crippen molar-refractivity contribution in [3.8, 4) is 0 Å². The molecular formula is C11H21BrN4O. The van der Waals surface area contributed by atoms with E-state index in [1.165, 1.54) is 0 Å². The van der Waals surface area contributed by atoms with Crippen LogP contribution in [0.5, 0.6) is 0 Å². The lowest BCUT2D eigenvalue weighted by molar-refractivity contribution is 0.145. The van der Waals surface area contributed by atoms with Crippen molar-refractivity contribution in [3.63, 3.8) is 0 Å². The lowest BCUT2D eigenvalue weighted by Gasteiger charge is -2.20. The maximum absolute atomic E-state index is 5.12. The third kappa shape index (κ3) is 5.14. The number of aryl methyl sites for hydroxylation is 1. The van der Waals surface area contributed by atoms with E-state index in [1.807, 2.05) is 4.68 Å². The summed E-state index contributed by atoms with van der Waals surface area (Å²) in [6.45, 7) is 6.56. The number of nitrogens with zero attached hydrogens (tertiary/aromatic N) is 4. The minimum absolute atomic E-state index is 0.745. The van der Waals surface area contributed by atoms with Gasteiger partial charge in [-0.15, -0.1) is 0 Å². The molecule has 1 heterocycles. The van der Waals surface area contributed by atoms with Gasteiger partial charge < -0.3 is 4.74 Å². The Kier molecular flexibility index (Phi) is 7.39. The fraction of sp³-hybridized carbons (Fsp3) is 0.818. The third-order valence-corrected chi connectivity index (χ3v) is 2.86. The van der Waals surface area contributed by atoms with Gasteiger partial charge in [-0.3, -0.25) is 4.90 Å². The molecule has 0 bridgehead atoms. The summed E-state index contributed by atoms with van der Waals surface area (Å²) in [6, 6.07) is 0. The number of hydrogen-bond donors (Lipinski definition) is 0. The lowest BCUT2D eigenvalue weighted by Crippen LogP contribution is -2.30. The molecule has 0 radical (unpaired) electrons. The van der Waals surface area contributed by atoms with E-state index in [2.05, 4.69) is 37.8 Å². The first kappa shape index (κ1) is 14.6. The summed E-state index contributed by atoms with van der Waals surface area (Å²) in [7, 11) is 1.73. The number of alkyl halides is 1. The molecule has 0 aromatic carbocycles. The summed E-state index contributed by atoms with van der Waals surface area (Å²) in [5.74, 6) is 1.03. The van der Waals surface area contributed by atoms with E-state index in [1.54, 1.807) is 13.4 Å². The van der Waals surface area contributed by atoms with Crippen molar-refractivity contribution in [2.45, 2.75) is 26.4 Å². The molecule has 0 aliphatic rings. The minimum Gasteiger partial charge on any atom is -0.383 e. The molecule has 0 atom stereocenters. The Hall–Kier alpha value is -0.460. The summed E-state index contributed by atoms with van der Waals surface area (Å²) in [5, 5.41) is 5.19. The monoisotopic (exact) mass is 304 g/mol. The largest absolute Gasteiger partial charge is 0.383 e. The number of halogens is 1. The standard InChI is InChI=1S/C11H21BrN4O/c1-3-5-16-11(13-10-14-16)9-15(6-4-12)7-8-17-2/h10H,3-9H2,1-2H3. The zero-order chi connectivity index (χ0) is 12.5. The molecule has 0 spiro atoms. The summed E-state index contributed by atoms with van der Waals surface area (Å²) < 4.78 is 7.10. The van der Waals surface area contributed by atoms with Crippen molar-refractivity contribution >= 4 is 15.9 Å². The molecule has 0 aliphatic carbocycles. The van der Waals surface area contributed by atoms with Gasteiger partial charge in [-0.25, -0.2) is 9.67 Å². The van der Waals surface area contributed by atoms with Crippen molar-refractivity contribution in [1.29, 1.82) is 0 Å². The highest BCUT2D eigenvalue weighted by molar-refractivity contribution is 9.09. The van der Waals surface area contributed by atoms with Crippen LogP contribution in [0.1, 0.15) is 19.2 Å². The quantitative estimate of drug-likeness (QED) is 0.649. The number of aromatic nitrogens is 3. The van der Waals surface area contributed by atoms with Crippen LogP contribution in [-0.4, -0.2) is 51.8 Å². The van der Waals surface area contributed by atoms with Gasteiger partial charge >= 0.3 is 0 Å². The highest BCUT2D eigenvalue weighted by Crippen LogP contribution is 2.03. The topological polar surface area (TPSA) is 43.2 Å². The lowest BCUT2D eigenvalue weighted by atomic mass is 10.4. The molecule has 98 valence electrons. The van der Waals surface area contributed by atoms with Gasteiger partial charge in [0.25, 0.3) is 0 Å². The van der Waals surface area contributed by atoms with Gasteiger partial charge in [0.1, 0.15) is 12.2 Å². The van der Waals surface area contributed by atoms with E-state index < -0.39 is 0 Å². The Balaban J connectivity index is 2.54. The van der Waals surface area contributed by atoms with Crippen molar-refractivity contribution in [1.82, 2.24) is 19.7 Å². The zero-order valence-corrected chi connectivity index (χ0v) is 12.2. The van der Waals surface area contributed by atoms with Gasteiger partial charge in [-0.2, -0.15) is 5.10 Å². The minimum atomic E-state index is 0.745. The average Bonchev–Trinajstić information content (AvgIpc) is 2.74. The molecule has 0 fully saturated rings. The van der Waals surface area contributed by atoms with Crippen LogP contribution in [0.4, 0.5) is 0 Å². The Bertz CT molecular complexity index is 305. The van der Waals surface area contributed by atoms with E-state index in [4.69, 9.17) is 4.74 Å². The van der Waals surface area contributed by atoms with Crippen LogP contribution < -0.4 is 0 Å². The fourth-order valence-corrected chi connectivity index (χ4v) is 2.12. The SMILES string of the molecule is CCCn1ncnc1CN(CCBr)CCOC. The molecule has 0 unspecified atom stereocenters. The molecule has 0 saturated carbocycles. The Labute approximate surface area is 111 Å². The van der Waals surface area contributed by atoms with Gasteiger partial charge in [0.05, 0.1) is 13.2 Å². The first-order chi connectivity index (χ1) is 8.31. The van der Waals surface area contributed by atoms with Crippen LogP contribution >= 0.6 is 15.9 Å². The van der Waals surface area contributed by atoms with Crippen molar-refractivity contribution in [3.05, 3.63) is 12.2 Å². The predicted octanol–water partition coefficient (Wildman–Crippen LogP) is 1.53. The summed E-state index contributed by atoms with van der Waals surface area (Å²) >= 11 is 3.47. The van der Waals surface area contributed by atoms with Gasteiger partial charge in [0, 0.05) is 32.1 Å². The van der Waals surface area contributed by atoms with Crippen molar-refractivity contribution in [2.75, 3.05) is 32.1 Å². The van der Waals surface area contributed by atoms with Gasteiger partial charge in [-0.1, -0.05) is 22.9 Å². The van der Waals surface area contributed by atoms with E-state index in [0.717, 1.165) is 50.4 Å². The summed E-state index contributed by atoms with van der Waals surface area (Å²) in [4.78, 5) is 6.63. The molecule has 1 aromatic heterocycles. The molecule has 0 aliphatic heterocycles. The second-order valence-electron chi connectivity index (χ2n) is 3.86. The molecule has 5 nitrogen and oxygen atoms in total. The first-order valence-electron chi connectivity index (χ1n) is 5.95. The summed E-state index contributed by atoms with van der Waals surface area (Å²) in [6.07, 6.45) is 2.71. The van der Waals surface area contributed by atoms with Gasteiger partial charge in [0.15, 0.2) is 0 Å². The van der Waals surface area contributed by atoms with E-state index in [-0.39, 0.29) is 0 Å². The third-order valence-electron chi connectivity index (χ3n) is 2.51. The molecule has 0 saturated heterocycles. The van der Waals surface area contributed by atoms with E-state index in [9.17, 15) is 0 Å². The average molecular weight is 305 g/mol. The van der Waals surface area contributed by atoms with Gasteiger partial charge in [-0.05, 0) is 6.42 Å². The van der Waals surface area contributed by atoms with Crippen molar-refractivity contribution < 1.29 is 4.74 Å².